The van der Waals surface area contributed by atoms with E-state index in [1.165, 1.54) is 12.1 Å². The van der Waals surface area contributed by atoms with E-state index in [0.29, 0.717) is 13.0 Å². The van der Waals surface area contributed by atoms with Gasteiger partial charge in [0.2, 0.25) is 11.8 Å². The van der Waals surface area contributed by atoms with Gasteiger partial charge in [-0.2, -0.15) is 0 Å². The molecule has 0 bridgehead atoms. The van der Waals surface area contributed by atoms with Gasteiger partial charge in [-0.05, 0) is 43.9 Å². The summed E-state index contributed by atoms with van der Waals surface area (Å²) in [6.07, 6.45) is 2.49. The molecule has 23 heavy (non-hydrogen) atoms. The first-order chi connectivity index (χ1) is 11.0. The first-order valence-corrected chi connectivity index (χ1v) is 8.10. The van der Waals surface area contributed by atoms with Gasteiger partial charge in [-0.1, -0.05) is 17.7 Å². The molecule has 7 heteroatoms. The standard InChI is InChI=1S/C16H21ClFN3O2/c1-10(11-5-6-13(18)12(17)8-11)20-9-15(22)21-14-4-2-3-7-19-16(14)23/h5-6,8,10,14,20H,2-4,7,9H2,1H3,(H,19,23)(H,21,22)/t10-,14-/m0/s1. The van der Waals surface area contributed by atoms with Crippen LogP contribution >= 0.6 is 11.6 Å². The molecule has 2 atom stereocenters. The summed E-state index contributed by atoms with van der Waals surface area (Å²) in [5, 5.41) is 8.61. The second kappa shape index (κ2) is 8.26. The average molecular weight is 342 g/mol. The summed E-state index contributed by atoms with van der Waals surface area (Å²) in [7, 11) is 0. The third-order valence-electron chi connectivity index (χ3n) is 3.88. The summed E-state index contributed by atoms with van der Waals surface area (Å²) in [6, 6.07) is 3.82. The minimum Gasteiger partial charge on any atom is -0.354 e. The average Bonchev–Trinajstić information content (AvgIpc) is 2.72. The molecule has 0 aliphatic carbocycles. The van der Waals surface area contributed by atoms with E-state index in [-0.39, 0.29) is 29.4 Å². The van der Waals surface area contributed by atoms with Crippen LogP contribution in [0, 0.1) is 5.82 Å². The lowest BCUT2D eigenvalue weighted by atomic mass is 10.1. The van der Waals surface area contributed by atoms with Crippen LogP contribution in [-0.2, 0) is 9.59 Å². The zero-order valence-corrected chi connectivity index (χ0v) is 13.8. The Labute approximate surface area is 140 Å². The van der Waals surface area contributed by atoms with Gasteiger partial charge in [0, 0.05) is 12.6 Å². The highest BCUT2D eigenvalue weighted by Crippen LogP contribution is 2.20. The molecule has 3 N–H and O–H groups in total. The molecule has 1 saturated heterocycles. The van der Waals surface area contributed by atoms with Crippen LogP contribution in [0.15, 0.2) is 18.2 Å². The maximum atomic E-state index is 13.2. The summed E-state index contributed by atoms with van der Waals surface area (Å²) in [5.74, 6) is -0.846. The predicted molar refractivity (Wildman–Crippen MR) is 86.6 cm³/mol. The molecule has 0 spiro atoms. The Balaban J connectivity index is 1.83. The van der Waals surface area contributed by atoms with Gasteiger partial charge in [0.1, 0.15) is 11.9 Å². The van der Waals surface area contributed by atoms with Crippen molar-refractivity contribution in [2.45, 2.75) is 38.3 Å². The molecular formula is C16H21ClFN3O2. The second-order valence-electron chi connectivity index (χ2n) is 5.68. The summed E-state index contributed by atoms with van der Waals surface area (Å²) < 4.78 is 13.2. The number of nitrogens with one attached hydrogen (secondary N) is 3. The molecule has 2 rings (SSSR count). The van der Waals surface area contributed by atoms with Crippen LogP contribution in [0.3, 0.4) is 0 Å². The van der Waals surface area contributed by atoms with Crippen LogP contribution in [-0.4, -0.2) is 30.9 Å². The Hall–Kier alpha value is -1.66. The fraction of sp³-hybridized carbons (Fsp3) is 0.500. The Bertz CT molecular complexity index is 582. The van der Waals surface area contributed by atoms with Crippen molar-refractivity contribution in [1.82, 2.24) is 16.0 Å². The molecule has 0 unspecified atom stereocenters. The fourth-order valence-electron chi connectivity index (χ4n) is 2.47. The smallest absolute Gasteiger partial charge is 0.242 e. The molecule has 5 nitrogen and oxygen atoms in total. The molecule has 1 aliphatic rings. The van der Waals surface area contributed by atoms with E-state index in [1.54, 1.807) is 6.07 Å². The molecule has 126 valence electrons. The van der Waals surface area contributed by atoms with Gasteiger partial charge in [-0.25, -0.2) is 4.39 Å². The van der Waals surface area contributed by atoms with Crippen LogP contribution in [0.25, 0.3) is 0 Å². The van der Waals surface area contributed by atoms with E-state index < -0.39 is 11.9 Å². The van der Waals surface area contributed by atoms with E-state index in [0.717, 1.165) is 18.4 Å². The van der Waals surface area contributed by atoms with Gasteiger partial charge in [0.15, 0.2) is 0 Å². The number of benzene rings is 1. The number of amides is 2. The highest BCUT2D eigenvalue weighted by atomic mass is 35.5. The largest absolute Gasteiger partial charge is 0.354 e. The lowest BCUT2D eigenvalue weighted by molar-refractivity contribution is -0.128. The highest BCUT2D eigenvalue weighted by Gasteiger charge is 2.22. The summed E-state index contributed by atoms with van der Waals surface area (Å²) in [5.41, 5.74) is 0.788. The molecule has 1 aromatic rings. The van der Waals surface area contributed by atoms with Crippen molar-refractivity contribution in [3.8, 4) is 0 Å². The van der Waals surface area contributed by atoms with Crippen LogP contribution in [0.5, 0.6) is 0 Å². The van der Waals surface area contributed by atoms with Crippen LogP contribution in [0.2, 0.25) is 5.02 Å². The molecule has 2 amide bonds. The summed E-state index contributed by atoms with van der Waals surface area (Å²) >= 11 is 5.75. The van der Waals surface area contributed by atoms with Crippen LogP contribution in [0.1, 0.15) is 37.8 Å². The maximum Gasteiger partial charge on any atom is 0.242 e. The number of carbonyl (C=O) groups excluding carboxylic acids is 2. The Morgan fingerprint density at radius 2 is 2.26 bits per heavy atom. The number of rotatable bonds is 5. The van der Waals surface area contributed by atoms with Crippen molar-refractivity contribution >= 4 is 23.4 Å². The van der Waals surface area contributed by atoms with E-state index in [4.69, 9.17) is 11.6 Å². The molecule has 1 fully saturated rings. The summed E-state index contributed by atoms with van der Waals surface area (Å²) in [4.78, 5) is 23.8. The van der Waals surface area contributed by atoms with Crippen molar-refractivity contribution < 1.29 is 14.0 Å². The van der Waals surface area contributed by atoms with Crippen molar-refractivity contribution in [1.29, 1.82) is 0 Å². The minimum absolute atomic E-state index is 0.0516. The Kier molecular flexibility index (Phi) is 6.36. The van der Waals surface area contributed by atoms with E-state index >= 15 is 0 Å². The quantitative estimate of drug-likeness (QED) is 0.766. The van der Waals surface area contributed by atoms with Gasteiger partial charge < -0.3 is 16.0 Å². The third kappa shape index (κ3) is 5.18. The van der Waals surface area contributed by atoms with Crippen molar-refractivity contribution in [2.75, 3.05) is 13.1 Å². The predicted octanol–water partition coefficient (Wildman–Crippen LogP) is 1.91. The molecule has 1 aliphatic heterocycles. The van der Waals surface area contributed by atoms with Crippen molar-refractivity contribution in [3.63, 3.8) is 0 Å². The first kappa shape index (κ1) is 17.7. The van der Waals surface area contributed by atoms with E-state index in [2.05, 4.69) is 16.0 Å². The monoisotopic (exact) mass is 341 g/mol. The van der Waals surface area contributed by atoms with Crippen LogP contribution in [0.4, 0.5) is 4.39 Å². The van der Waals surface area contributed by atoms with Gasteiger partial charge >= 0.3 is 0 Å². The molecule has 0 aromatic heterocycles. The van der Waals surface area contributed by atoms with E-state index in [9.17, 15) is 14.0 Å². The van der Waals surface area contributed by atoms with Crippen LogP contribution < -0.4 is 16.0 Å². The first-order valence-electron chi connectivity index (χ1n) is 7.73. The number of halogens is 2. The lowest BCUT2D eigenvalue weighted by Crippen LogP contribution is -2.48. The van der Waals surface area contributed by atoms with Gasteiger partial charge in [0.25, 0.3) is 0 Å². The van der Waals surface area contributed by atoms with Gasteiger partial charge in [-0.15, -0.1) is 0 Å². The van der Waals surface area contributed by atoms with Gasteiger partial charge in [-0.3, -0.25) is 9.59 Å². The number of hydrogen-bond acceptors (Lipinski definition) is 3. The molecule has 0 radical (unpaired) electrons. The number of carbonyl (C=O) groups is 2. The topological polar surface area (TPSA) is 70.2 Å². The molecular weight excluding hydrogens is 321 g/mol. The highest BCUT2D eigenvalue weighted by molar-refractivity contribution is 6.30. The molecule has 1 aromatic carbocycles. The zero-order valence-electron chi connectivity index (χ0n) is 13.0. The number of hydrogen-bond donors (Lipinski definition) is 3. The van der Waals surface area contributed by atoms with Gasteiger partial charge in [0.05, 0.1) is 11.6 Å². The third-order valence-corrected chi connectivity index (χ3v) is 4.17. The van der Waals surface area contributed by atoms with E-state index in [1.807, 2.05) is 6.92 Å². The maximum absolute atomic E-state index is 13.2. The molecule has 1 heterocycles. The fourth-order valence-corrected chi connectivity index (χ4v) is 2.66. The normalized spacial score (nSPS) is 19.6. The lowest BCUT2D eigenvalue weighted by Gasteiger charge is -2.18. The van der Waals surface area contributed by atoms with Crippen molar-refractivity contribution in [3.05, 3.63) is 34.6 Å². The van der Waals surface area contributed by atoms with Crippen molar-refractivity contribution in [2.24, 2.45) is 0 Å². The SMILES string of the molecule is C[C@H](NCC(=O)N[C@H]1CCCCNC1=O)c1ccc(F)c(Cl)c1. The Morgan fingerprint density at radius 3 is 3.00 bits per heavy atom. The molecule has 0 saturated carbocycles. The zero-order chi connectivity index (χ0) is 16.8. The minimum atomic E-state index is -0.472. The second-order valence-corrected chi connectivity index (χ2v) is 6.09. The summed E-state index contributed by atoms with van der Waals surface area (Å²) in [6.45, 7) is 2.58. The Morgan fingerprint density at radius 1 is 1.48 bits per heavy atom.